The SMILES string of the molecule is CCOC(=O)c1cc(OCc2cc(COc3cc(C(=O)OCC)cc(C(=O)OCC)c3)cc(COc3cc(C(=O)OCC)cc(C(=O)OCC)c3)c2)cc(C(=O)OCC)c1. The van der Waals surface area contributed by atoms with Crippen LogP contribution in [0.3, 0.4) is 0 Å². The molecule has 15 heteroatoms. The summed E-state index contributed by atoms with van der Waals surface area (Å²) in [5.41, 5.74) is 2.36. The zero-order valence-corrected chi connectivity index (χ0v) is 34.4. The van der Waals surface area contributed by atoms with Crippen molar-refractivity contribution in [1.29, 1.82) is 0 Å². The molecule has 4 aromatic rings. The molecule has 0 aliphatic rings. The van der Waals surface area contributed by atoms with E-state index in [2.05, 4.69) is 0 Å². The van der Waals surface area contributed by atoms with E-state index in [0.717, 1.165) is 0 Å². The summed E-state index contributed by atoms with van der Waals surface area (Å²) >= 11 is 0. The van der Waals surface area contributed by atoms with Crippen molar-refractivity contribution < 1.29 is 71.4 Å². The predicted molar refractivity (Wildman–Crippen MR) is 215 cm³/mol. The molecule has 318 valence electrons. The highest BCUT2D eigenvalue weighted by atomic mass is 16.6. The van der Waals surface area contributed by atoms with Crippen LogP contribution in [0.4, 0.5) is 0 Å². The van der Waals surface area contributed by atoms with Gasteiger partial charge in [-0.3, -0.25) is 0 Å². The molecule has 0 saturated carbocycles. The Labute approximate surface area is 347 Å². The molecule has 0 radical (unpaired) electrons. The fourth-order valence-corrected chi connectivity index (χ4v) is 5.63. The van der Waals surface area contributed by atoms with E-state index in [9.17, 15) is 28.8 Å². The quantitative estimate of drug-likeness (QED) is 0.0594. The van der Waals surface area contributed by atoms with Gasteiger partial charge in [-0.05, 0) is 131 Å². The molecule has 0 spiro atoms. The van der Waals surface area contributed by atoms with Gasteiger partial charge in [0.2, 0.25) is 0 Å². The number of hydrogen-bond acceptors (Lipinski definition) is 15. The smallest absolute Gasteiger partial charge is 0.338 e. The lowest BCUT2D eigenvalue weighted by Gasteiger charge is -2.15. The number of carbonyl (C=O) groups is 6. The first-order valence-electron chi connectivity index (χ1n) is 19.4. The van der Waals surface area contributed by atoms with Crippen LogP contribution in [0, 0.1) is 0 Å². The standard InChI is InChI=1S/C45H48O15/c1-7-52-40(46)31-16-32(41(47)53-8-2)20-37(19-31)58-25-28-13-29(26-59-38-21-33(42(48)54-9-3)17-34(22-38)43(49)55-10-4)15-30(14-28)27-60-39-23-35(44(50)56-11-5)18-36(24-39)45(51)57-12-6/h13-24H,7-12,25-27H2,1-6H3. The number of ether oxygens (including phenoxy) is 9. The molecule has 0 bridgehead atoms. The summed E-state index contributed by atoms with van der Waals surface area (Å²) in [7, 11) is 0. The molecule has 0 atom stereocenters. The van der Waals surface area contributed by atoms with E-state index in [1.165, 1.54) is 54.6 Å². The van der Waals surface area contributed by atoms with Crippen LogP contribution in [0.1, 0.15) is 120 Å². The molecule has 0 fully saturated rings. The number of rotatable bonds is 21. The lowest BCUT2D eigenvalue weighted by molar-refractivity contribution is 0.0505. The molecule has 4 rings (SSSR count). The molecule has 0 N–H and O–H groups in total. The maximum Gasteiger partial charge on any atom is 0.338 e. The Balaban J connectivity index is 1.71. The van der Waals surface area contributed by atoms with Gasteiger partial charge in [-0.25, -0.2) is 28.8 Å². The fourth-order valence-electron chi connectivity index (χ4n) is 5.63. The molecule has 0 heterocycles. The predicted octanol–water partition coefficient (Wildman–Crippen LogP) is 7.48. The van der Waals surface area contributed by atoms with Crippen LogP contribution in [-0.2, 0) is 48.2 Å². The highest BCUT2D eigenvalue weighted by Crippen LogP contribution is 2.26. The summed E-state index contributed by atoms with van der Waals surface area (Å²) < 4.78 is 49.3. The van der Waals surface area contributed by atoms with Gasteiger partial charge in [-0.2, -0.15) is 0 Å². The van der Waals surface area contributed by atoms with Crippen molar-refractivity contribution in [2.24, 2.45) is 0 Å². The Kier molecular flexibility index (Phi) is 17.5. The summed E-state index contributed by atoms with van der Waals surface area (Å²) in [6.07, 6.45) is 0. The van der Waals surface area contributed by atoms with Crippen LogP contribution >= 0.6 is 0 Å². The molecule has 0 saturated heterocycles. The number of hydrogen-bond donors (Lipinski definition) is 0. The summed E-state index contributed by atoms with van der Waals surface area (Å²) in [5, 5.41) is 0. The van der Waals surface area contributed by atoms with E-state index < -0.39 is 35.8 Å². The second-order valence-corrected chi connectivity index (χ2v) is 12.6. The van der Waals surface area contributed by atoms with E-state index >= 15 is 0 Å². The Hall–Kier alpha value is -6.90. The normalized spacial score (nSPS) is 10.5. The van der Waals surface area contributed by atoms with Gasteiger partial charge in [0.1, 0.15) is 37.1 Å². The van der Waals surface area contributed by atoms with Gasteiger partial charge in [0.25, 0.3) is 0 Å². The molecule has 0 aliphatic carbocycles. The van der Waals surface area contributed by atoms with Crippen molar-refractivity contribution in [2.75, 3.05) is 39.6 Å². The van der Waals surface area contributed by atoms with Crippen molar-refractivity contribution in [3.8, 4) is 17.2 Å². The van der Waals surface area contributed by atoms with Crippen LogP contribution in [0.2, 0.25) is 0 Å². The maximum absolute atomic E-state index is 12.7. The minimum Gasteiger partial charge on any atom is -0.489 e. The zero-order chi connectivity index (χ0) is 43.6. The largest absolute Gasteiger partial charge is 0.489 e. The molecular weight excluding hydrogens is 780 g/mol. The van der Waals surface area contributed by atoms with Crippen molar-refractivity contribution in [2.45, 2.75) is 61.4 Å². The van der Waals surface area contributed by atoms with Gasteiger partial charge < -0.3 is 42.6 Å². The van der Waals surface area contributed by atoms with Crippen molar-refractivity contribution >= 4 is 35.8 Å². The van der Waals surface area contributed by atoms with Crippen LogP contribution in [0.5, 0.6) is 17.2 Å². The van der Waals surface area contributed by atoms with E-state index in [0.29, 0.717) is 16.7 Å². The number of carbonyl (C=O) groups excluding carboxylic acids is 6. The molecule has 0 unspecified atom stereocenters. The molecule has 4 aromatic carbocycles. The first kappa shape index (κ1) is 45.8. The Morgan fingerprint density at radius 1 is 0.300 bits per heavy atom. The molecule has 60 heavy (non-hydrogen) atoms. The Morgan fingerprint density at radius 2 is 0.483 bits per heavy atom. The van der Waals surface area contributed by atoms with Gasteiger partial charge >= 0.3 is 35.8 Å². The summed E-state index contributed by atoms with van der Waals surface area (Å²) in [5.74, 6) is -3.34. The zero-order valence-electron chi connectivity index (χ0n) is 34.4. The van der Waals surface area contributed by atoms with Crippen LogP contribution in [0.25, 0.3) is 0 Å². The third-order valence-corrected chi connectivity index (χ3v) is 8.12. The Bertz CT molecular complexity index is 1810. The average molecular weight is 829 g/mol. The highest BCUT2D eigenvalue weighted by Gasteiger charge is 2.19. The van der Waals surface area contributed by atoms with Crippen molar-refractivity contribution in [1.82, 2.24) is 0 Å². The molecule has 0 amide bonds. The average Bonchev–Trinajstić information content (AvgIpc) is 3.24. The fraction of sp³-hybridized carbons (Fsp3) is 0.333. The van der Waals surface area contributed by atoms with Crippen LogP contribution in [-0.4, -0.2) is 75.5 Å². The molecule has 0 aliphatic heterocycles. The second kappa shape index (κ2) is 22.9. The number of esters is 6. The van der Waals surface area contributed by atoms with Gasteiger partial charge in [-0.15, -0.1) is 0 Å². The van der Waals surface area contributed by atoms with Gasteiger partial charge in [-0.1, -0.05) is 0 Å². The van der Waals surface area contributed by atoms with Crippen molar-refractivity contribution in [3.05, 3.63) is 123 Å². The molecule has 15 nitrogen and oxygen atoms in total. The van der Waals surface area contributed by atoms with E-state index in [-0.39, 0.29) is 110 Å². The summed E-state index contributed by atoms with van der Waals surface area (Å²) in [6.45, 7) is 10.5. The number of benzene rings is 4. The summed E-state index contributed by atoms with van der Waals surface area (Å²) in [6, 6.07) is 18.2. The Morgan fingerprint density at radius 3 is 0.650 bits per heavy atom. The first-order chi connectivity index (χ1) is 28.9. The lowest BCUT2D eigenvalue weighted by atomic mass is 10.1. The van der Waals surface area contributed by atoms with Crippen LogP contribution in [0.15, 0.2) is 72.8 Å². The molecular formula is C45H48O15. The maximum atomic E-state index is 12.7. The van der Waals surface area contributed by atoms with Gasteiger partial charge in [0.15, 0.2) is 0 Å². The monoisotopic (exact) mass is 828 g/mol. The van der Waals surface area contributed by atoms with E-state index in [1.807, 2.05) is 0 Å². The lowest BCUT2D eigenvalue weighted by Crippen LogP contribution is -2.11. The summed E-state index contributed by atoms with van der Waals surface area (Å²) in [4.78, 5) is 76.0. The van der Waals surface area contributed by atoms with Gasteiger partial charge in [0, 0.05) is 0 Å². The van der Waals surface area contributed by atoms with Crippen molar-refractivity contribution in [3.63, 3.8) is 0 Å². The minimum absolute atomic E-state index is 0.0634. The van der Waals surface area contributed by atoms with Crippen LogP contribution < -0.4 is 14.2 Å². The van der Waals surface area contributed by atoms with Gasteiger partial charge in [0.05, 0.1) is 73.0 Å². The third-order valence-electron chi connectivity index (χ3n) is 8.12. The van der Waals surface area contributed by atoms with E-state index in [1.54, 1.807) is 59.7 Å². The first-order valence-corrected chi connectivity index (χ1v) is 19.4. The highest BCUT2D eigenvalue weighted by molar-refractivity contribution is 5.97. The third kappa shape index (κ3) is 13.3. The van der Waals surface area contributed by atoms with E-state index in [4.69, 9.17) is 42.6 Å². The minimum atomic E-state index is -0.650. The molecule has 0 aromatic heterocycles. The topological polar surface area (TPSA) is 185 Å². The second-order valence-electron chi connectivity index (χ2n) is 12.6.